The molecular formula is C24H31N5OS. The molecule has 7 heteroatoms. The van der Waals surface area contributed by atoms with E-state index in [1.54, 1.807) is 13.3 Å². The summed E-state index contributed by atoms with van der Waals surface area (Å²) in [5.41, 5.74) is 4.42. The number of aryl methyl sites for hydroxylation is 2. The molecule has 0 aliphatic rings. The number of nitrogens with one attached hydrogen (secondary N) is 1. The zero-order valence-electron chi connectivity index (χ0n) is 18.7. The minimum absolute atomic E-state index is 0.685. The lowest BCUT2D eigenvalue weighted by Gasteiger charge is -2.27. The van der Waals surface area contributed by atoms with E-state index in [2.05, 4.69) is 55.0 Å². The Kier molecular flexibility index (Phi) is 7.89. The van der Waals surface area contributed by atoms with E-state index in [9.17, 15) is 0 Å². The number of nitrogens with zero attached hydrogens (tertiary/aromatic N) is 4. The van der Waals surface area contributed by atoms with Crippen molar-refractivity contribution >= 4 is 28.7 Å². The van der Waals surface area contributed by atoms with Gasteiger partial charge in [-0.2, -0.15) is 0 Å². The maximum Gasteiger partial charge on any atom is 0.173 e. The number of imidazole rings is 1. The lowest BCUT2D eigenvalue weighted by Crippen LogP contribution is -2.35. The highest BCUT2D eigenvalue weighted by molar-refractivity contribution is 7.80. The van der Waals surface area contributed by atoms with Gasteiger partial charge < -0.3 is 24.4 Å². The van der Waals surface area contributed by atoms with E-state index in [0.29, 0.717) is 5.11 Å². The minimum Gasteiger partial charge on any atom is -0.495 e. The molecule has 3 rings (SSSR count). The van der Waals surface area contributed by atoms with Crippen LogP contribution >= 0.6 is 12.2 Å². The first-order valence-electron chi connectivity index (χ1n) is 10.4. The minimum atomic E-state index is 0.685. The maximum atomic E-state index is 5.81. The molecule has 164 valence electrons. The van der Waals surface area contributed by atoms with Gasteiger partial charge in [0.15, 0.2) is 5.11 Å². The Morgan fingerprint density at radius 2 is 1.94 bits per heavy atom. The quantitative estimate of drug-likeness (QED) is 0.496. The topological polar surface area (TPSA) is 45.6 Å². The van der Waals surface area contributed by atoms with Gasteiger partial charge in [-0.15, -0.1) is 0 Å². The van der Waals surface area contributed by atoms with Crippen LogP contribution in [0.4, 0.5) is 11.4 Å². The highest BCUT2D eigenvalue weighted by atomic mass is 32.1. The lowest BCUT2D eigenvalue weighted by atomic mass is 10.2. The van der Waals surface area contributed by atoms with E-state index in [0.717, 1.165) is 43.1 Å². The molecule has 0 bridgehead atoms. The highest BCUT2D eigenvalue weighted by Crippen LogP contribution is 2.26. The molecule has 1 heterocycles. The number of thiocarbonyl (C=S) groups is 1. The fourth-order valence-corrected chi connectivity index (χ4v) is 3.60. The van der Waals surface area contributed by atoms with E-state index < -0.39 is 0 Å². The predicted molar refractivity (Wildman–Crippen MR) is 132 cm³/mol. The van der Waals surface area contributed by atoms with Gasteiger partial charge in [0.2, 0.25) is 0 Å². The van der Waals surface area contributed by atoms with Gasteiger partial charge in [0, 0.05) is 51.8 Å². The predicted octanol–water partition coefficient (Wildman–Crippen LogP) is 4.56. The number of ether oxygens (including phenoxy) is 1. The summed E-state index contributed by atoms with van der Waals surface area (Å²) in [5.74, 6) is 0.788. The molecule has 0 aliphatic carbocycles. The Labute approximate surface area is 190 Å². The summed E-state index contributed by atoms with van der Waals surface area (Å²) >= 11 is 5.81. The Morgan fingerprint density at radius 3 is 2.58 bits per heavy atom. The van der Waals surface area contributed by atoms with Crippen LogP contribution in [0.1, 0.15) is 17.5 Å². The van der Waals surface area contributed by atoms with Crippen LogP contribution in [0.5, 0.6) is 5.75 Å². The second-order valence-corrected chi connectivity index (χ2v) is 8.16. The molecule has 0 aliphatic heterocycles. The van der Waals surface area contributed by atoms with Crippen LogP contribution in [-0.2, 0) is 13.1 Å². The molecule has 0 unspecified atom stereocenters. The monoisotopic (exact) mass is 437 g/mol. The Morgan fingerprint density at radius 1 is 1.16 bits per heavy atom. The summed E-state index contributed by atoms with van der Waals surface area (Å²) in [4.78, 5) is 8.42. The van der Waals surface area contributed by atoms with Crippen molar-refractivity contribution in [2.24, 2.45) is 0 Å². The summed E-state index contributed by atoms with van der Waals surface area (Å²) < 4.78 is 7.62. The maximum absolute atomic E-state index is 5.81. The van der Waals surface area contributed by atoms with Gasteiger partial charge in [0.1, 0.15) is 5.75 Å². The van der Waals surface area contributed by atoms with Crippen molar-refractivity contribution in [3.63, 3.8) is 0 Å². The largest absolute Gasteiger partial charge is 0.495 e. The van der Waals surface area contributed by atoms with Crippen LogP contribution in [0, 0.1) is 6.92 Å². The number of aromatic nitrogens is 2. The number of hydrogen-bond donors (Lipinski definition) is 1. The molecule has 0 radical (unpaired) electrons. The molecule has 31 heavy (non-hydrogen) atoms. The van der Waals surface area contributed by atoms with Crippen molar-refractivity contribution in [1.82, 2.24) is 14.5 Å². The Bertz CT molecular complexity index is 970. The van der Waals surface area contributed by atoms with Crippen molar-refractivity contribution in [3.05, 3.63) is 72.3 Å². The highest BCUT2D eigenvalue weighted by Gasteiger charge is 2.13. The van der Waals surface area contributed by atoms with E-state index >= 15 is 0 Å². The average Bonchev–Trinajstić information content (AvgIpc) is 3.28. The molecule has 0 fully saturated rings. The summed E-state index contributed by atoms with van der Waals surface area (Å²) in [6.07, 6.45) is 6.59. The van der Waals surface area contributed by atoms with Crippen LogP contribution in [-0.4, -0.2) is 47.3 Å². The second-order valence-electron chi connectivity index (χ2n) is 7.77. The van der Waals surface area contributed by atoms with Crippen molar-refractivity contribution in [2.75, 3.05) is 38.0 Å². The van der Waals surface area contributed by atoms with E-state index in [1.165, 1.54) is 11.3 Å². The molecule has 0 saturated carbocycles. The smallest absolute Gasteiger partial charge is 0.173 e. The number of benzene rings is 2. The third-order valence-corrected chi connectivity index (χ3v) is 5.48. The van der Waals surface area contributed by atoms with Crippen molar-refractivity contribution in [2.45, 2.75) is 26.4 Å². The van der Waals surface area contributed by atoms with Crippen molar-refractivity contribution in [3.8, 4) is 5.75 Å². The third-order valence-electron chi connectivity index (χ3n) is 5.12. The van der Waals surface area contributed by atoms with Crippen LogP contribution in [0.25, 0.3) is 0 Å². The SMILES string of the molecule is COc1cc(C)ccc1NC(=S)N(CCCn1ccnc1)Cc1ccc(N(C)C)cc1. The van der Waals surface area contributed by atoms with Crippen LogP contribution in [0.15, 0.2) is 61.2 Å². The standard InChI is InChI=1S/C24H31N5OS/c1-19-6-11-22(23(16-19)30-4)26-24(31)29(14-5-13-28-15-12-25-18-28)17-20-7-9-21(10-8-20)27(2)3/h6-12,15-16,18H,5,13-14,17H2,1-4H3,(H,26,31). The molecule has 0 amide bonds. The van der Waals surface area contributed by atoms with E-state index in [4.69, 9.17) is 17.0 Å². The number of hydrogen-bond acceptors (Lipinski definition) is 4. The van der Waals surface area contributed by atoms with Crippen LogP contribution < -0.4 is 15.0 Å². The zero-order chi connectivity index (χ0) is 22.2. The molecule has 0 atom stereocenters. The first-order valence-corrected chi connectivity index (χ1v) is 10.8. The number of methoxy groups -OCH3 is 1. The first-order chi connectivity index (χ1) is 15.0. The lowest BCUT2D eigenvalue weighted by molar-refractivity contribution is 0.395. The summed E-state index contributed by atoms with van der Waals surface area (Å²) in [5, 5.41) is 4.07. The van der Waals surface area contributed by atoms with E-state index in [-0.39, 0.29) is 0 Å². The van der Waals surface area contributed by atoms with Crippen LogP contribution in [0.3, 0.4) is 0 Å². The molecule has 1 N–H and O–H groups in total. The molecule has 6 nitrogen and oxygen atoms in total. The summed E-state index contributed by atoms with van der Waals surface area (Å²) in [7, 11) is 5.77. The number of anilines is 2. The van der Waals surface area contributed by atoms with Crippen LogP contribution in [0.2, 0.25) is 0 Å². The normalized spacial score (nSPS) is 10.6. The van der Waals surface area contributed by atoms with Gasteiger partial charge >= 0.3 is 0 Å². The average molecular weight is 438 g/mol. The van der Waals surface area contributed by atoms with Gasteiger partial charge in [0.25, 0.3) is 0 Å². The van der Waals surface area contributed by atoms with Gasteiger partial charge in [0.05, 0.1) is 19.1 Å². The van der Waals surface area contributed by atoms with Gasteiger partial charge in [-0.25, -0.2) is 4.98 Å². The molecular weight excluding hydrogens is 406 g/mol. The first kappa shape index (κ1) is 22.6. The summed E-state index contributed by atoms with van der Waals surface area (Å²) in [6, 6.07) is 14.7. The fraction of sp³-hybridized carbons (Fsp3) is 0.333. The molecule has 2 aromatic carbocycles. The molecule has 0 spiro atoms. The summed E-state index contributed by atoms with van der Waals surface area (Å²) in [6.45, 7) is 4.50. The van der Waals surface area contributed by atoms with E-state index in [1.807, 2.05) is 45.7 Å². The van der Waals surface area contributed by atoms with Crippen molar-refractivity contribution < 1.29 is 4.74 Å². The Balaban J connectivity index is 1.72. The zero-order valence-corrected chi connectivity index (χ0v) is 19.5. The molecule has 0 saturated heterocycles. The fourth-order valence-electron chi connectivity index (χ4n) is 3.33. The molecule has 1 aromatic heterocycles. The second kappa shape index (κ2) is 10.8. The number of rotatable bonds is 9. The van der Waals surface area contributed by atoms with Gasteiger partial charge in [-0.1, -0.05) is 18.2 Å². The third kappa shape index (κ3) is 6.46. The van der Waals surface area contributed by atoms with Gasteiger partial charge in [-0.05, 0) is 61.0 Å². The van der Waals surface area contributed by atoms with Crippen molar-refractivity contribution in [1.29, 1.82) is 0 Å². The van der Waals surface area contributed by atoms with Gasteiger partial charge in [-0.3, -0.25) is 0 Å². The molecule has 3 aromatic rings. The Hall–Kier alpha value is -3.06.